The summed E-state index contributed by atoms with van der Waals surface area (Å²) in [6.07, 6.45) is 3.80. The smallest absolute Gasteiger partial charge is 0.333 e. The van der Waals surface area contributed by atoms with Crippen molar-refractivity contribution in [2.75, 3.05) is 21.0 Å². The van der Waals surface area contributed by atoms with Gasteiger partial charge in [0.25, 0.3) is 0 Å². The molecule has 1 rings (SSSR count). The highest BCUT2D eigenvalue weighted by Gasteiger charge is 2.04. The van der Waals surface area contributed by atoms with Crippen molar-refractivity contribution >= 4 is 18.0 Å². The van der Waals surface area contributed by atoms with E-state index in [1.165, 1.54) is 13.2 Å². The van der Waals surface area contributed by atoms with Crippen molar-refractivity contribution in [3.8, 4) is 11.5 Å². The van der Waals surface area contributed by atoms with Gasteiger partial charge in [0.15, 0.2) is 11.5 Å². The van der Waals surface area contributed by atoms with Gasteiger partial charge in [0, 0.05) is 12.5 Å². The third kappa shape index (κ3) is 5.87. The van der Waals surface area contributed by atoms with Crippen molar-refractivity contribution in [2.45, 2.75) is 19.8 Å². The van der Waals surface area contributed by atoms with E-state index in [-0.39, 0.29) is 12.8 Å². The second-order valence-electron chi connectivity index (χ2n) is 4.30. The molecule has 0 heterocycles. The summed E-state index contributed by atoms with van der Waals surface area (Å²) < 4.78 is 19.8. The fraction of sp³-hybridized carbons (Fsp3) is 0.375. The van der Waals surface area contributed by atoms with E-state index in [1.807, 2.05) is 6.92 Å². The van der Waals surface area contributed by atoms with Crippen LogP contribution in [-0.4, -0.2) is 33.0 Å². The summed E-state index contributed by atoms with van der Waals surface area (Å²) in [6, 6.07) is 5.23. The van der Waals surface area contributed by atoms with Crippen molar-refractivity contribution in [3.63, 3.8) is 0 Å². The van der Waals surface area contributed by atoms with Crippen LogP contribution in [0.4, 0.5) is 0 Å². The average molecular weight is 308 g/mol. The Bertz CT molecular complexity index is 535. The van der Waals surface area contributed by atoms with Crippen molar-refractivity contribution in [1.82, 2.24) is 0 Å². The number of ether oxygens (including phenoxy) is 4. The molecule has 0 N–H and O–H groups in total. The van der Waals surface area contributed by atoms with Gasteiger partial charge in [-0.3, -0.25) is 4.79 Å². The quantitative estimate of drug-likeness (QED) is 0.417. The summed E-state index contributed by atoms with van der Waals surface area (Å²) in [5.41, 5.74) is 0.748. The second kappa shape index (κ2) is 9.44. The Balaban J connectivity index is 2.50. The third-order valence-electron chi connectivity index (χ3n) is 2.69. The number of carbonyl (C=O) groups is 2. The van der Waals surface area contributed by atoms with Gasteiger partial charge in [0.1, 0.15) is 0 Å². The molecule has 0 amide bonds. The molecule has 0 aliphatic rings. The van der Waals surface area contributed by atoms with Crippen molar-refractivity contribution in [2.24, 2.45) is 0 Å². The van der Waals surface area contributed by atoms with Crippen LogP contribution in [0, 0.1) is 0 Å². The summed E-state index contributed by atoms with van der Waals surface area (Å²) in [6.45, 7) is 1.48. The second-order valence-corrected chi connectivity index (χ2v) is 4.30. The highest BCUT2D eigenvalue weighted by molar-refractivity contribution is 5.87. The SMILES string of the molecule is CCCC(=O)OCOC(=O)C=Cc1ccc(OC)c(OC)c1. The Kier molecular flexibility index (Phi) is 7.53. The molecule has 1 aromatic carbocycles. The molecule has 1 aromatic rings. The number of hydrogen-bond acceptors (Lipinski definition) is 6. The van der Waals surface area contributed by atoms with Gasteiger partial charge in [0.05, 0.1) is 14.2 Å². The summed E-state index contributed by atoms with van der Waals surface area (Å²) in [4.78, 5) is 22.6. The van der Waals surface area contributed by atoms with Gasteiger partial charge in [-0.15, -0.1) is 0 Å². The maximum atomic E-state index is 11.5. The van der Waals surface area contributed by atoms with Gasteiger partial charge in [-0.05, 0) is 30.2 Å². The molecule has 0 saturated carbocycles. The fourth-order valence-electron chi connectivity index (χ4n) is 1.60. The van der Waals surface area contributed by atoms with Crippen molar-refractivity contribution in [3.05, 3.63) is 29.8 Å². The van der Waals surface area contributed by atoms with Gasteiger partial charge in [-0.1, -0.05) is 13.0 Å². The number of carbonyl (C=O) groups excluding carboxylic acids is 2. The largest absolute Gasteiger partial charge is 0.493 e. The van der Waals surface area contributed by atoms with E-state index < -0.39 is 5.97 Å². The monoisotopic (exact) mass is 308 g/mol. The highest BCUT2D eigenvalue weighted by Crippen LogP contribution is 2.27. The molecule has 0 aromatic heterocycles. The van der Waals surface area contributed by atoms with Gasteiger partial charge in [0.2, 0.25) is 6.79 Å². The molecule has 6 nitrogen and oxygen atoms in total. The average Bonchev–Trinajstić information content (AvgIpc) is 2.52. The van der Waals surface area contributed by atoms with Gasteiger partial charge in [-0.2, -0.15) is 0 Å². The standard InChI is InChI=1S/C16H20O6/c1-4-5-15(17)21-11-22-16(18)9-7-12-6-8-13(19-2)14(10-12)20-3/h6-10H,4-5,11H2,1-3H3. The molecular formula is C16H20O6. The number of benzene rings is 1. The predicted molar refractivity (Wildman–Crippen MR) is 80.5 cm³/mol. The Hall–Kier alpha value is -2.50. The van der Waals surface area contributed by atoms with Crippen LogP contribution >= 0.6 is 0 Å². The van der Waals surface area contributed by atoms with Crippen molar-refractivity contribution < 1.29 is 28.5 Å². The molecule has 0 radical (unpaired) electrons. The van der Waals surface area contributed by atoms with Crippen LogP contribution in [0.1, 0.15) is 25.3 Å². The molecule has 120 valence electrons. The first-order chi connectivity index (χ1) is 10.6. The molecule has 0 aliphatic carbocycles. The molecular weight excluding hydrogens is 288 g/mol. The predicted octanol–water partition coefficient (Wildman–Crippen LogP) is 2.56. The molecule has 0 bridgehead atoms. The minimum absolute atomic E-state index is 0.305. The van der Waals surface area contributed by atoms with E-state index in [0.29, 0.717) is 24.3 Å². The zero-order valence-electron chi connectivity index (χ0n) is 13.0. The number of methoxy groups -OCH3 is 2. The first-order valence-electron chi connectivity index (χ1n) is 6.83. The summed E-state index contributed by atoms with van der Waals surface area (Å²) in [7, 11) is 3.08. The Morgan fingerprint density at radius 1 is 1.09 bits per heavy atom. The van der Waals surface area contributed by atoms with Crippen molar-refractivity contribution in [1.29, 1.82) is 0 Å². The highest BCUT2D eigenvalue weighted by atomic mass is 16.7. The van der Waals surface area contributed by atoms with Crippen LogP contribution in [0.15, 0.2) is 24.3 Å². The Labute approximate surface area is 129 Å². The molecule has 0 unspecified atom stereocenters. The maximum absolute atomic E-state index is 11.5. The lowest BCUT2D eigenvalue weighted by Crippen LogP contribution is -2.10. The van der Waals surface area contributed by atoms with E-state index >= 15 is 0 Å². The molecule has 6 heteroatoms. The molecule has 0 aliphatic heterocycles. The van der Waals surface area contributed by atoms with E-state index in [4.69, 9.17) is 18.9 Å². The fourth-order valence-corrected chi connectivity index (χ4v) is 1.60. The molecule has 22 heavy (non-hydrogen) atoms. The Morgan fingerprint density at radius 3 is 2.45 bits per heavy atom. The van der Waals surface area contributed by atoms with E-state index in [2.05, 4.69) is 0 Å². The van der Waals surface area contributed by atoms with Gasteiger partial charge >= 0.3 is 11.9 Å². The number of hydrogen-bond donors (Lipinski definition) is 0. The van der Waals surface area contributed by atoms with Crippen LogP contribution in [0.2, 0.25) is 0 Å². The molecule has 0 saturated heterocycles. The van der Waals surface area contributed by atoms with E-state index in [1.54, 1.807) is 31.4 Å². The minimum Gasteiger partial charge on any atom is -0.493 e. The third-order valence-corrected chi connectivity index (χ3v) is 2.69. The van der Waals surface area contributed by atoms with Gasteiger partial charge in [-0.25, -0.2) is 4.79 Å². The summed E-state index contributed by atoms with van der Waals surface area (Å²) >= 11 is 0. The lowest BCUT2D eigenvalue weighted by molar-refractivity contribution is -0.163. The van der Waals surface area contributed by atoms with Crippen LogP contribution < -0.4 is 9.47 Å². The number of rotatable bonds is 8. The normalized spacial score (nSPS) is 10.3. The number of esters is 2. The van der Waals surface area contributed by atoms with Gasteiger partial charge < -0.3 is 18.9 Å². The van der Waals surface area contributed by atoms with E-state index in [9.17, 15) is 9.59 Å². The summed E-state index contributed by atoms with van der Waals surface area (Å²) in [5.74, 6) is 0.176. The molecule has 0 fully saturated rings. The van der Waals surface area contributed by atoms with Crippen LogP contribution in [0.25, 0.3) is 6.08 Å². The lowest BCUT2D eigenvalue weighted by atomic mass is 10.2. The molecule has 0 atom stereocenters. The van der Waals surface area contributed by atoms with Crippen LogP contribution in [0.5, 0.6) is 11.5 Å². The first-order valence-corrected chi connectivity index (χ1v) is 6.83. The minimum atomic E-state index is -0.598. The molecule has 0 spiro atoms. The zero-order valence-corrected chi connectivity index (χ0v) is 13.0. The maximum Gasteiger partial charge on any atom is 0.333 e. The lowest BCUT2D eigenvalue weighted by Gasteiger charge is -2.07. The first kappa shape index (κ1) is 17.6. The van der Waals surface area contributed by atoms with E-state index in [0.717, 1.165) is 5.56 Å². The van der Waals surface area contributed by atoms with Crippen LogP contribution in [0.3, 0.4) is 0 Å². The summed E-state index contributed by atoms with van der Waals surface area (Å²) in [5, 5.41) is 0. The van der Waals surface area contributed by atoms with Crippen LogP contribution in [-0.2, 0) is 19.1 Å². The topological polar surface area (TPSA) is 71.1 Å². The Morgan fingerprint density at radius 2 is 1.82 bits per heavy atom. The zero-order chi connectivity index (χ0) is 16.4.